The van der Waals surface area contributed by atoms with Crippen LogP contribution in [0.1, 0.15) is 5.56 Å². The summed E-state index contributed by atoms with van der Waals surface area (Å²) in [4.78, 5) is 0. The first kappa shape index (κ1) is 20.5. The van der Waals surface area contributed by atoms with Crippen LogP contribution in [0.4, 0.5) is 13.2 Å². The van der Waals surface area contributed by atoms with Gasteiger partial charge in [-0.05, 0) is 42.1 Å². The van der Waals surface area contributed by atoms with E-state index in [0.29, 0.717) is 5.30 Å². The topological polar surface area (TPSA) is 4.93 Å². The zero-order valence-electron chi connectivity index (χ0n) is 17.0. The molecule has 0 unspecified atom stereocenters. The maximum Gasteiger partial charge on any atom is 0.418 e. The van der Waals surface area contributed by atoms with Gasteiger partial charge in [0.05, 0.1) is 16.8 Å². The average Bonchev–Trinajstić information content (AvgIpc) is 3.24. The summed E-state index contributed by atoms with van der Waals surface area (Å²) in [5.74, 6) is 0. The lowest BCUT2D eigenvalue weighted by Gasteiger charge is -2.25. The van der Waals surface area contributed by atoms with Crippen LogP contribution < -0.4 is 15.9 Å². The van der Waals surface area contributed by atoms with Crippen LogP contribution >= 0.6 is 7.92 Å². The number of nitrogens with zero attached hydrogens (tertiary/aromatic N) is 1. The van der Waals surface area contributed by atoms with E-state index >= 15 is 0 Å². The van der Waals surface area contributed by atoms with E-state index in [2.05, 4.69) is 0 Å². The third-order valence-corrected chi connectivity index (χ3v) is 7.90. The largest absolute Gasteiger partial charge is 0.418 e. The number of halogens is 3. The third-order valence-electron chi connectivity index (χ3n) is 5.43. The van der Waals surface area contributed by atoms with Crippen molar-refractivity contribution in [2.45, 2.75) is 6.18 Å². The lowest BCUT2D eigenvalue weighted by Crippen LogP contribution is -2.26. The Labute approximate surface area is 185 Å². The van der Waals surface area contributed by atoms with E-state index in [4.69, 9.17) is 0 Å². The van der Waals surface area contributed by atoms with Crippen molar-refractivity contribution in [2.24, 2.45) is 0 Å². The monoisotopic (exact) mass is 445 g/mol. The molecule has 0 aliphatic heterocycles. The number of para-hydroxylation sites is 2. The van der Waals surface area contributed by atoms with Gasteiger partial charge in [0.1, 0.15) is 0 Å². The minimum atomic E-state index is -4.48. The summed E-state index contributed by atoms with van der Waals surface area (Å²) < 4.78 is 44.5. The van der Waals surface area contributed by atoms with E-state index < -0.39 is 19.7 Å². The van der Waals surface area contributed by atoms with Gasteiger partial charge in [-0.3, -0.25) is 0 Å². The summed E-state index contributed by atoms with van der Waals surface area (Å²) in [6, 6.07) is 33.5. The first-order chi connectivity index (χ1) is 15.5. The standard InChI is InChI=1S/C27H19F3NP/c28-27(29,30)23-15-9-17-25(26(23)31-19-18-20-10-7-8-16-24(20)31)32(21-11-3-1-4-12-21)22-13-5-2-6-14-22/h1-19H. The number of hydrogen-bond acceptors (Lipinski definition) is 0. The van der Waals surface area contributed by atoms with E-state index in [-0.39, 0.29) is 5.69 Å². The SMILES string of the molecule is FC(F)(F)c1cccc(P(c2ccccc2)c2ccccc2)c1-n1ccc2ccccc21. The predicted molar refractivity (Wildman–Crippen MR) is 127 cm³/mol. The molecule has 0 aliphatic carbocycles. The molecule has 0 bridgehead atoms. The number of aromatic nitrogens is 1. The molecule has 158 valence electrons. The highest BCUT2D eigenvalue weighted by atomic mass is 31.1. The molecule has 1 nitrogen and oxygen atoms in total. The van der Waals surface area contributed by atoms with Crippen LogP contribution in [0.5, 0.6) is 0 Å². The minimum Gasteiger partial charge on any atom is -0.315 e. The van der Waals surface area contributed by atoms with E-state index in [1.165, 1.54) is 12.1 Å². The molecule has 0 radical (unpaired) electrons. The van der Waals surface area contributed by atoms with Crippen molar-refractivity contribution >= 4 is 34.7 Å². The molecule has 1 heterocycles. The fraction of sp³-hybridized carbons (Fsp3) is 0.0370. The summed E-state index contributed by atoms with van der Waals surface area (Å²) in [6.07, 6.45) is -2.74. The fourth-order valence-electron chi connectivity index (χ4n) is 4.05. The van der Waals surface area contributed by atoms with Crippen LogP contribution in [0.25, 0.3) is 16.6 Å². The fourth-order valence-corrected chi connectivity index (χ4v) is 6.52. The van der Waals surface area contributed by atoms with Gasteiger partial charge < -0.3 is 4.57 Å². The van der Waals surface area contributed by atoms with Crippen LogP contribution in [0.2, 0.25) is 0 Å². The van der Waals surface area contributed by atoms with Crippen molar-refractivity contribution in [3.63, 3.8) is 0 Å². The number of hydrogen-bond donors (Lipinski definition) is 0. The van der Waals surface area contributed by atoms with E-state index in [1.54, 1.807) is 10.8 Å². The molecule has 0 amide bonds. The highest BCUT2D eigenvalue weighted by molar-refractivity contribution is 7.80. The molecule has 0 saturated carbocycles. The molecule has 5 aromatic rings. The van der Waals surface area contributed by atoms with Crippen LogP contribution in [-0.4, -0.2) is 4.57 Å². The molecule has 0 spiro atoms. The summed E-state index contributed by atoms with van der Waals surface area (Å²) in [6.45, 7) is 0. The van der Waals surface area contributed by atoms with Crippen molar-refractivity contribution in [1.29, 1.82) is 0 Å². The molecule has 4 aromatic carbocycles. The Morgan fingerprint density at radius 1 is 0.594 bits per heavy atom. The van der Waals surface area contributed by atoms with Crippen LogP contribution in [0, 0.1) is 0 Å². The molecule has 32 heavy (non-hydrogen) atoms. The molecule has 5 rings (SSSR count). The summed E-state index contributed by atoms with van der Waals surface area (Å²) in [5, 5.41) is 3.59. The molecular weight excluding hydrogens is 426 g/mol. The van der Waals surface area contributed by atoms with E-state index in [0.717, 1.165) is 21.5 Å². The Kier molecular flexibility index (Phi) is 5.32. The van der Waals surface area contributed by atoms with Gasteiger partial charge in [0, 0.05) is 11.5 Å². The quantitative estimate of drug-likeness (QED) is 0.282. The van der Waals surface area contributed by atoms with Gasteiger partial charge >= 0.3 is 6.18 Å². The second kappa shape index (κ2) is 8.29. The van der Waals surface area contributed by atoms with Gasteiger partial charge in [-0.15, -0.1) is 0 Å². The second-order valence-electron chi connectivity index (χ2n) is 7.42. The summed E-state index contributed by atoms with van der Waals surface area (Å²) in [7, 11) is -1.21. The van der Waals surface area contributed by atoms with Crippen LogP contribution in [-0.2, 0) is 6.18 Å². The highest BCUT2D eigenvalue weighted by Crippen LogP contribution is 2.41. The van der Waals surface area contributed by atoms with E-state index in [1.807, 2.05) is 97.1 Å². The van der Waals surface area contributed by atoms with Crippen LogP contribution in [0.3, 0.4) is 0 Å². The Balaban J connectivity index is 1.86. The number of fused-ring (bicyclic) bond motifs is 1. The van der Waals surface area contributed by atoms with Gasteiger partial charge in [0.25, 0.3) is 0 Å². The Morgan fingerprint density at radius 2 is 1.19 bits per heavy atom. The molecule has 0 aliphatic rings. The number of rotatable bonds is 4. The van der Waals surface area contributed by atoms with Crippen molar-refractivity contribution < 1.29 is 13.2 Å². The zero-order valence-corrected chi connectivity index (χ0v) is 17.9. The van der Waals surface area contributed by atoms with Gasteiger partial charge in [-0.2, -0.15) is 13.2 Å². The minimum absolute atomic E-state index is 0.194. The molecule has 0 N–H and O–H groups in total. The normalized spacial score (nSPS) is 11.9. The van der Waals surface area contributed by atoms with Crippen molar-refractivity contribution in [3.8, 4) is 5.69 Å². The van der Waals surface area contributed by atoms with Crippen molar-refractivity contribution in [3.05, 3.63) is 121 Å². The molecule has 0 atom stereocenters. The van der Waals surface area contributed by atoms with Gasteiger partial charge in [0.15, 0.2) is 0 Å². The summed E-state index contributed by atoms with van der Waals surface area (Å²) in [5.41, 5.74) is 0.317. The lowest BCUT2D eigenvalue weighted by atomic mass is 10.1. The van der Waals surface area contributed by atoms with Gasteiger partial charge in [-0.25, -0.2) is 0 Å². The maximum atomic E-state index is 14.3. The van der Waals surface area contributed by atoms with Gasteiger partial charge in [-0.1, -0.05) is 91.0 Å². The first-order valence-corrected chi connectivity index (χ1v) is 11.5. The first-order valence-electron chi connectivity index (χ1n) is 10.2. The van der Waals surface area contributed by atoms with Crippen molar-refractivity contribution in [1.82, 2.24) is 4.57 Å². The maximum absolute atomic E-state index is 14.3. The molecule has 0 saturated heterocycles. The summed E-state index contributed by atoms with van der Waals surface area (Å²) >= 11 is 0. The average molecular weight is 445 g/mol. The lowest BCUT2D eigenvalue weighted by molar-refractivity contribution is -0.137. The van der Waals surface area contributed by atoms with Crippen molar-refractivity contribution in [2.75, 3.05) is 0 Å². The van der Waals surface area contributed by atoms with Gasteiger partial charge in [0.2, 0.25) is 0 Å². The second-order valence-corrected chi connectivity index (χ2v) is 9.61. The Morgan fingerprint density at radius 3 is 1.81 bits per heavy atom. The Hall–Kier alpha value is -3.36. The molecule has 1 aromatic heterocycles. The highest BCUT2D eigenvalue weighted by Gasteiger charge is 2.36. The zero-order chi connectivity index (χ0) is 22.1. The van der Waals surface area contributed by atoms with Crippen LogP contribution in [0.15, 0.2) is 115 Å². The molecule has 5 heteroatoms. The van der Waals surface area contributed by atoms with E-state index in [9.17, 15) is 13.2 Å². The smallest absolute Gasteiger partial charge is 0.315 e. The molecule has 0 fully saturated rings. The Bertz CT molecular complexity index is 1320. The third kappa shape index (κ3) is 3.72. The number of alkyl halides is 3. The molecular formula is C27H19F3NP. The predicted octanol–water partition coefficient (Wildman–Crippen LogP) is 6.41. The number of benzene rings is 4.